The number of anilines is 1. The van der Waals surface area contributed by atoms with E-state index < -0.39 is 58.2 Å². The summed E-state index contributed by atoms with van der Waals surface area (Å²) in [5, 5.41) is 12.8. The molecular formula is C13H12BrFN6O5S. The minimum absolute atomic E-state index is 0.322. The first-order valence-corrected chi connectivity index (χ1v) is 9.59. The van der Waals surface area contributed by atoms with Gasteiger partial charge in [0.15, 0.2) is 5.69 Å². The van der Waals surface area contributed by atoms with E-state index in [-0.39, 0.29) is 16.0 Å². The lowest BCUT2D eigenvalue weighted by Gasteiger charge is -2.06. The van der Waals surface area contributed by atoms with Crippen molar-refractivity contribution < 1.29 is 27.4 Å². The molecule has 3 rings (SSSR count). The van der Waals surface area contributed by atoms with Crippen molar-refractivity contribution in [1.29, 1.82) is 0 Å². The monoisotopic (exact) mass is 466 g/mol. The van der Waals surface area contributed by atoms with Crippen LogP contribution in [0.5, 0.6) is 0 Å². The Kier molecular flexibility index (Phi) is 4.06. The highest BCUT2D eigenvalue weighted by Crippen LogP contribution is 2.25. The molecule has 0 unspecified atom stereocenters. The molecule has 11 nitrogen and oxygen atoms in total. The highest BCUT2D eigenvalue weighted by atomic mass is 79.9. The van der Waals surface area contributed by atoms with E-state index in [1.165, 1.54) is 0 Å². The van der Waals surface area contributed by atoms with Gasteiger partial charge in [0, 0.05) is 13.0 Å². The molecule has 2 heterocycles. The average Bonchev–Trinajstić information content (AvgIpc) is 3.24. The zero-order chi connectivity index (χ0) is 23.1. The van der Waals surface area contributed by atoms with Crippen LogP contribution in [0.3, 0.4) is 0 Å². The molecule has 0 saturated carbocycles. The molecule has 3 aromatic rings. The second-order valence-electron chi connectivity index (χ2n) is 4.89. The highest BCUT2D eigenvalue weighted by molar-refractivity contribution is 9.10. The fourth-order valence-corrected chi connectivity index (χ4v) is 2.46. The van der Waals surface area contributed by atoms with E-state index in [2.05, 4.69) is 45.9 Å². The number of hydrogen-bond donors (Lipinski definition) is 2. The third-order valence-electron chi connectivity index (χ3n) is 2.93. The third kappa shape index (κ3) is 4.40. The van der Waals surface area contributed by atoms with Crippen LogP contribution in [0.4, 0.5) is 10.2 Å². The molecule has 2 N–H and O–H groups in total. The summed E-state index contributed by atoms with van der Waals surface area (Å²) < 4.78 is 79.4. The van der Waals surface area contributed by atoms with Gasteiger partial charge in [-0.15, -0.1) is 0 Å². The summed E-state index contributed by atoms with van der Waals surface area (Å²) in [7, 11) is -3.69. The summed E-state index contributed by atoms with van der Waals surface area (Å²) >= 11 is 2.86. The van der Waals surface area contributed by atoms with Gasteiger partial charge in [-0.1, -0.05) is 5.16 Å². The summed E-state index contributed by atoms with van der Waals surface area (Å²) in [6, 6.07) is -0.345. The van der Waals surface area contributed by atoms with Crippen molar-refractivity contribution in [3.8, 4) is 17.2 Å². The highest BCUT2D eigenvalue weighted by Gasteiger charge is 2.23. The maximum absolute atomic E-state index is 13.8. The number of nitrogens with one attached hydrogen (secondary N) is 2. The predicted molar refractivity (Wildman–Crippen MR) is 94.4 cm³/mol. The smallest absolute Gasteiger partial charge is 0.364 e. The normalized spacial score (nSPS) is 14.3. The Morgan fingerprint density at radius 1 is 1.44 bits per heavy atom. The minimum atomic E-state index is -3.69. The first-order valence-electron chi connectivity index (χ1n) is 8.91. The Balaban J connectivity index is 2.07. The minimum Gasteiger partial charge on any atom is -0.364 e. The van der Waals surface area contributed by atoms with Gasteiger partial charge < -0.3 is 5.32 Å². The summed E-state index contributed by atoms with van der Waals surface area (Å²) in [5.74, 6) is -2.87. The standard InChI is InChI=1S/C13H12BrFN6O5S/c1-27(23,24)17-5-4-16-11-10(18-26-19-11)12-20-25-13(22)21(12)7-2-3-9(15)8(14)6-7/h2-3,6,17H,4-5H2,1H3,(H,16,19)/i2D,4D2,6D. The Morgan fingerprint density at radius 3 is 2.96 bits per heavy atom. The van der Waals surface area contributed by atoms with Crippen LogP contribution in [-0.2, 0) is 10.0 Å². The van der Waals surface area contributed by atoms with E-state index in [0.717, 1.165) is 12.3 Å². The van der Waals surface area contributed by atoms with E-state index in [0.29, 0.717) is 4.57 Å². The number of benzene rings is 1. The van der Waals surface area contributed by atoms with Crippen LogP contribution < -0.4 is 15.8 Å². The summed E-state index contributed by atoms with van der Waals surface area (Å²) in [6.45, 7) is -3.08. The molecule has 0 aliphatic rings. The number of nitrogens with zero attached hydrogens (tertiary/aromatic N) is 4. The Morgan fingerprint density at radius 2 is 2.22 bits per heavy atom. The molecule has 0 aliphatic heterocycles. The number of hydrogen-bond acceptors (Lipinski definition) is 9. The van der Waals surface area contributed by atoms with Crippen molar-refractivity contribution in [1.82, 2.24) is 24.8 Å². The maximum atomic E-state index is 13.8. The van der Waals surface area contributed by atoms with Crippen LogP contribution in [-0.4, -0.2) is 47.8 Å². The van der Waals surface area contributed by atoms with Gasteiger partial charge in [0.1, 0.15) is 5.82 Å². The molecule has 27 heavy (non-hydrogen) atoms. The van der Waals surface area contributed by atoms with Crippen molar-refractivity contribution in [2.75, 3.05) is 24.6 Å². The van der Waals surface area contributed by atoms with E-state index in [9.17, 15) is 17.6 Å². The molecule has 0 bridgehead atoms. The molecule has 14 heteroatoms. The molecule has 0 amide bonds. The molecule has 0 spiro atoms. The largest absolute Gasteiger partial charge is 0.446 e. The second kappa shape index (κ2) is 7.58. The van der Waals surface area contributed by atoms with E-state index in [1.54, 1.807) is 0 Å². The summed E-state index contributed by atoms with van der Waals surface area (Å²) in [6.07, 6.45) is 0.845. The average molecular weight is 467 g/mol. The van der Waals surface area contributed by atoms with Gasteiger partial charge in [-0.3, -0.25) is 4.52 Å². The zero-order valence-corrected chi connectivity index (χ0v) is 15.7. The lowest BCUT2D eigenvalue weighted by molar-refractivity contribution is 0.309. The topological polar surface area (TPSA) is 145 Å². The first-order chi connectivity index (χ1) is 14.3. The Labute approximate surface area is 165 Å². The van der Waals surface area contributed by atoms with Crippen molar-refractivity contribution in [2.45, 2.75) is 0 Å². The van der Waals surface area contributed by atoms with E-state index in [4.69, 9.17) is 5.48 Å². The number of aromatic nitrogens is 4. The second-order valence-corrected chi connectivity index (χ2v) is 7.51. The van der Waals surface area contributed by atoms with Crippen molar-refractivity contribution >= 4 is 31.8 Å². The van der Waals surface area contributed by atoms with Gasteiger partial charge in [0.25, 0.3) is 0 Å². The molecule has 144 valence electrons. The van der Waals surface area contributed by atoms with Gasteiger partial charge in [-0.25, -0.2) is 31.5 Å². The molecule has 0 radical (unpaired) electrons. The van der Waals surface area contributed by atoms with Crippen LogP contribution in [0.1, 0.15) is 5.48 Å². The first kappa shape index (κ1) is 14.5. The van der Waals surface area contributed by atoms with Crippen molar-refractivity contribution in [3.05, 3.63) is 39.0 Å². The lowest BCUT2D eigenvalue weighted by Crippen LogP contribution is -2.27. The maximum Gasteiger partial charge on any atom is 0.446 e. The Bertz CT molecular complexity index is 1310. The van der Waals surface area contributed by atoms with E-state index in [1.807, 2.05) is 4.72 Å². The van der Waals surface area contributed by atoms with Crippen LogP contribution in [0, 0.1) is 5.82 Å². The SMILES string of the molecule is [2H]c1cc(F)c(Br)c([2H])c1-n1c(-c2nonc2NC([2H])([2H])CNS(C)(=O)=O)noc1=O. The van der Waals surface area contributed by atoms with E-state index >= 15 is 0 Å². The third-order valence-corrected chi connectivity index (χ3v) is 4.18. The Hall–Kier alpha value is -2.58. The molecule has 0 atom stereocenters. The molecule has 2 aromatic heterocycles. The van der Waals surface area contributed by atoms with Crippen LogP contribution >= 0.6 is 15.9 Å². The molecule has 0 aliphatic carbocycles. The number of rotatable bonds is 7. The fraction of sp³-hybridized carbons (Fsp3) is 0.231. The van der Waals surface area contributed by atoms with Gasteiger partial charge in [0.2, 0.25) is 21.7 Å². The summed E-state index contributed by atoms with van der Waals surface area (Å²) in [5.41, 5.74) is -0.751. The van der Waals surface area contributed by atoms with Crippen molar-refractivity contribution in [3.63, 3.8) is 0 Å². The number of halogens is 2. The zero-order valence-electron chi connectivity index (χ0n) is 17.3. The van der Waals surface area contributed by atoms with Gasteiger partial charge >= 0.3 is 5.76 Å². The molecule has 0 saturated heterocycles. The lowest BCUT2D eigenvalue weighted by atomic mass is 10.3. The van der Waals surface area contributed by atoms with Gasteiger partial charge in [-0.2, -0.15) is 0 Å². The molecule has 1 aromatic carbocycles. The van der Waals surface area contributed by atoms with Crippen LogP contribution in [0.2, 0.25) is 0 Å². The van der Waals surface area contributed by atoms with Gasteiger partial charge in [-0.05, 0) is 44.4 Å². The van der Waals surface area contributed by atoms with Gasteiger partial charge in [0.05, 0.1) is 21.9 Å². The molecular weight excluding hydrogens is 451 g/mol. The quantitative estimate of drug-likeness (QED) is 0.514. The molecule has 0 fully saturated rings. The van der Waals surface area contributed by atoms with Crippen LogP contribution in [0.25, 0.3) is 17.2 Å². The fourth-order valence-electron chi connectivity index (χ4n) is 1.82. The van der Waals surface area contributed by atoms with Crippen molar-refractivity contribution in [2.24, 2.45) is 0 Å². The predicted octanol–water partition coefficient (Wildman–Crippen LogP) is 0.738. The number of sulfonamides is 1. The van der Waals surface area contributed by atoms with Crippen LogP contribution in [0.15, 0.2) is 36.6 Å². The summed E-state index contributed by atoms with van der Waals surface area (Å²) in [4.78, 5) is 12.3.